The molecular weight excluding hydrogens is 296 g/mol. The van der Waals surface area contributed by atoms with Gasteiger partial charge in [0.1, 0.15) is 0 Å². The second kappa shape index (κ2) is 8.11. The Balaban J connectivity index is 2.50. The zero-order valence-electron chi connectivity index (χ0n) is 12.1. The van der Waals surface area contributed by atoms with Crippen molar-refractivity contribution in [1.82, 2.24) is 0 Å². The molecule has 0 bridgehead atoms. The van der Waals surface area contributed by atoms with Crippen LogP contribution in [0.1, 0.15) is 24.2 Å². The normalized spacial score (nSPS) is 11.8. The lowest BCUT2D eigenvalue weighted by Crippen LogP contribution is -2.16. The minimum atomic E-state index is -3.55. The predicted molar refractivity (Wildman–Crippen MR) is 77.4 cm³/mol. The van der Waals surface area contributed by atoms with E-state index in [1.54, 1.807) is 0 Å². The molecule has 0 aromatic heterocycles. The maximum Gasteiger partial charge on any atom is 0.335 e. The summed E-state index contributed by atoms with van der Waals surface area (Å²) < 4.78 is 34.5. The first-order valence-electron chi connectivity index (χ1n) is 6.58. The number of carboxylic acid groups (broad SMARTS) is 1. The first-order valence-corrected chi connectivity index (χ1v) is 8.23. The van der Waals surface area contributed by atoms with Crippen molar-refractivity contribution in [2.75, 3.05) is 25.6 Å². The number of benzene rings is 1. The minimum absolute atomic E-state index is 0.00979. The summed E-state index contributed by atoms with van der Waals surface area (Å²) in [6.07, 6.45) is 0.107. The van der Waals surface area contributed by atoms with Crippen LogP contribution in [0.4, 0.5) is 0 Å². The second-order valence-electron chi connectivity index (χ2n) is 4.68. The lowest BCUT2D eigenvalue weighted by atomic mass is 10.2. The number of aromatic carboxylic acids is 1. The molecule has 0 amide bonds. The van der Waals surface area contributed by atoms with Crippen LogP contribution < -0.4 is 0 Å². The Morgan fingerprint density at radius 3 is 2.57 bits per heavy atom. The third-order valence-electron chi connectivity index (χ3n) is 2.62. The molecule has 0 aliphatic carbocycles. The van der Waals surface area contributed by atoms with Crippen molar-refractivity contribution >= 4 is 15.8 Å². The Bertz CT molecular complexity index is 565. The fourth-order valence-corrected chi connectivity index (χ4v) is 2.72. The maximum absolute atomic E-state index is 12.0. The zero-order valence-corrected chi connectivity index (χ0v) is 12.9. The highest BCUT2D eigenvalue weighted by Crippen LogP contribution is 2.13. The largest absolute Gasteiger partial charge is 0.478 e. The lowest BCUT2D eigenvalue weighted by molar-refractivity contribution is 0.0235. The van der Waals surface area contributed by atoms with Gasteiger partial charge in [0.05, 0.1) is 42.1 Å². The van der Waals surface area contributed by atoms with Gasteiger partial charge in [-0.3, -0.25) is 0 Å². The van der Waals surface area contributed by atoms with E-state index in [-0.39, 0.29) is 28.9 Å². The summed E-state index contributed by atoms with van der Waals surface area (Å²) in [5, 5.41) is 8.86. The van der Waals surface area contributed by atoms with E-state index >= 15 is 0 Å². The third kappa shape index (κ3) is 6.24. The van der Waals surface area contributed by atoms with Gasteiger partial charge in [-0.2, -0.15) is 0 Å². The van der Waals surface area contributed by atoms with E-state index in [1.165, 1.54) is 18.2 Å². The lowest BCUT2D eigenvalue weighted by Gasteiger charge is -2.09. The second-order valence-corrected chi connectivity index (χ2v) is 6.79. The first-order chi connectivity index (χ1) is 9.83. The van der Waals surface area contributed by atoms with Crippen LogP contribution in [0.25, 0.3) is 0 Å². The number of carboxylic acids is 1. The molecule has 0 aliphatic heterocycles. The quantitative estimate of drug-likeness (QED) is 0.696. The average Bonchev–Trinajstić information content (AvgIpc) is 2.42. The Hall–Kier alpha value is -1.44. The molecule has 1 aromatic carbocycles. The van der Waals surface area contributed by atoms with E-state index in [4.69, 9.17) is 14.6 Å². The van der Waals surface area contributed by atoms with Crippen molar-refractivity contribution in [1.29, 1.82) is 0 Å². The van der Waals surface area contributed by atoms with Crippen LogP contribution in [0.15, 0.2) is 29.2 Å². The molecule has 1 N–H and O–H groups in total. The molecule has 0 unspecified atom stereocenters. The van der Waals surface area contributed by atoms with Gasteiger partial charge in [-0.05, 0) is 32.0 Å². The fourth-order valence-electron chi connectivity index (χ4n) is 1.55. The molecule has 0 atom stereocenters. The summed E-state index contributed by atoms with van der Waals surface area (Å²) in [5.74, 6) is -1.35. The van der Waals surface area contributed by atoms with Crippen molar-refractivity contribution in [3.05, 3.63) is 29.8 Å². The van der Waals surface area contributed by atoms with Crippen LogP contribution >= 0.6 is 0 Å². The number of carbonyl (C=O) groups is 1. The van der Waals surface area contributed by atoms with E-state index in [9.17, 15) is 13.2 Å². The Morgan fingerprint density at radius 1 is 1.24 bits per heavy atom. The highest BCUT2D eigenvalue weighted by atomic mass is 32.2. The summed E-state index contributed by atoms with van der Waals surface area (Å²) in [4.78, 5) is 10.8. The van der Waals surface area contributed by atoms with Gasteiger partial charge in [0.2, 0.25) is 0 Å². The van der Waals surface area contributed by atoms with Crippen molar-refractivity contribution in [2.45, 2.75) is 24.8 Å². The first kappa shape index (κ1) is 17.6. The van der Waals surface area contributed by atoms with E-state index in [2.05, 4.69) is 0 Å². The molecular formula is C14H20O6S. The molecule has 1 aromatic rings. The fraction of sp³-hybridized carbons (Fsp3) is 0.500. The van der Waals surface area contributed by atoms with E-state index < -0.39 is 15.8 Å². The molecule has 6 nitrogen and oxygen atoms in total. The molecule has 118 valence electrons. The summed E-state index contributed by atoms with van der Waals surface area (Å²) in [7, 11) is -3.55. The topological polar surface area (TPSA) is 89.9 Å². The number of rotatable bonds is 9. The van der Waals surface area contributed by atoms with Gasteiger partial charge in [-0.25, -0.2) is 13.2 Å². The summed E-state index contributed by atoms with van der Waals surface area (Å²) in [5.41, 5.74) is -0.0534. The molecule has 0 aliphatic rings. The number of ether oxygens (including phenoxy) is 2. The molecule has 0 fully saturated rings. The van der Waals surface area contributed by atoms with Gasteiger partial charge in [-0.1, -0.05) is 6.07 Å². The monoisotopic (exact) mass is 316 g/mol. The third-order valence-corrected chi connectivity index (χ3v) is 4.29. The average molecular weight is 316 g/mol. The van der Waals surface area contributed by atoms with Crippen LogP contribution in [0, 0.1) is 0 Å². The summed E-state index contributed by atoms with van der Waals surface area (Å²) in [6, 6.07) is 5.29. The molecule has 0 saturated heterocycles. The van der Waals surface area contributed by atoms with Crippen LogP contribution in [0.2, 0.25) is 0 Å². The SMILES string of the molecule is CC(C)OCCOCCS(=O)(=O)c1cccc(C(=O)O)c1. The van der Waals surface area contributed by atoms with Gasteiger partial charge in [0, 0.05) is 0 Å². The Morgan fingerprint density at radius 2 is 1.95 bits per heavy atom. The highest BCUT2D eigenvalue weighted by Gasteiger charge is 2.16. The van der Waals surface area contributed by atoms with Gasteiger partial charge in [-0.15, -0.1) is 0 Å². The molecule has 0 saturated carbocycles. The van der Waals surface area contributed by atoms with E-state index in [1.807, 2.05) is 13.8 Å². The molecule has 0 heterocycles. The molecule has 21 heavy (non-hydrogen) atoms. The van der Waals surface area contributed by atoms with Gasteiger partial charge >= 0.3 is 5.97 Å². The Labute approximate surface area is 124 Å². The van der Waals surface area contributed by atoms with Crippen molar-refractivity contribution < 1.29 is 27.8 Å². The molecule has 0 radical (unpaired) electrons. The van der Waals surface area contributed by atoms with Crippen molar-refractivity contribution in [3.8, 4) is 0 Å². The zero-order chi connectivity index (χ0) is 15.9. The molecule has 7 heteroatoms. The highest BCUT2D eigenvalue weighted by molar-refractivity contribution is 7.91. The van der Waals surface area contributed by atoms with Crippen LogP contribution in [0.5, 0.6) is 0 Å². The van der Waals surface area contributed by atoms with Crippen LogP contribution in [0.3, 0.4) is 0 Å². The van der Waals surface area contributed by atoms with Gasteiger partial charge in [0.25, 0.3) is 0 Å². The summed E-state index contributed by atoms with van der Waals surface area (Å²) in [6.45, 7) is 4.58. The van der Waals surface area contributed by atoms with Crippen molar-refractivity contribution in [2.24, 2.45) is 0 Å². The van der Waals surface area contributed by atoms with Crippen LogP contribution in [-0.4, -0.2) is 51.2 Å². The predicted octanol–water partition coefficient (Wildman–Crippen LogP) is 1.60. The molecule has 1 rings (SSSR count). The van der Waals surface area contributed by atoms with Gasteiger partial charge < -0.3 is 14.6 Å². The maximum atomic E-state index is 12.0. The Kier molecular flexibility index (Phi) is 6.80. The number of sulfone groups is 1. The van der Waals surface area contributed by atoms with Crippen LogP contribution in [-0.2, 0) is 19.3 Å². The van der Waals surface area contributed by atoms with Gasteiger partial charge in [0.15, 0.2) is 9.84 Å². The summed E-state index contributed by atoms with van der Waals surface area (Å²) >= 11 is 0. The number of hydrogen-bond donors (Lipinski definition) is 1. The standard InChI is InChI=1S/C14H20O6S/c1-11(2)20-7-6-19-8-9-21(17,18)13-5-3-4-12(10-13)14(15)16/h3-5,10-11H,6-9H2,1-2H3,(H,15,16). The van der Waals surface area contributed by atoms with E-state index in [0.717, 1.165) is 6.07 Å². The minimum Gasteiger partial charge on any atom is -0.478 e. The number of hydrogen-bond acceptors (Lipinski definition) is 5. The molecule has 0 spiro atoms. The van der Waals surface area contributed by atoms with E-state index in [0.29, 0.717) is 13.2 Å². The van der Waals surface area contributed by atoms with Crippen molar-refractivity contribution in [3.63, 3.8) is 0 Å². The smallest absolute Gasteiger partial charge is 0.335 e.